The highest BCUT2D eigenvalue weighted by atomic mass is 16.5. The third-order valence-electron chi connectivity index (χ3n) is 4.14. The minimum Gasteiger partial charge on any atom is -0.491 e. The van der Waals surface area contributed by atoms with Gasteiger partial charge in [-0.25, -0.2) is 0 Å². The van der Waals surface area contributed by atoms with E-state index in [9.17, 15) is 9.90 Å². The Hall–Kier alpha value is -2.53. The number of benzene rings is 2. The molecule has 0 heterocycles. The number of ether oxygens (including phenoxy) is 3. The molecule has 0 saturated carbocycles. The van der Waals surface area contributed by atoms with Crippen molar-refractivity contribution in [3.05, 3.63) is 59.7 Å². The Morgan fingerprint density at radius 3 is 2.50 bits per heavy atom. The third-order valence-corrected chi connectivity index (χ3v) is 4.14. The Labute approximate surface area is 154 Å². The maximum Gasteiger partial charge on any atom is 0.306 e. The summed E-state index contributed by atoms with van der Waals surface area (Å²) < 4.78 is 16.6. The SMILES string of the molecule is CCC(Cc1ccc(OCCOC)cc1OCc1ccccc1)C(=O)O. The average Bonchev–Trinajstić information content (AvgIpc) is 2.66. The van der Waals surface area contributed by atoms with E-state index in [1.165, 1.54) is 0 Å². The van der Waals surface area contributed by atoms with Gasteiger partial charge in [0.05, 0.1) is 12.5 Å². The maximum absolute atomic E-state index is 11.4. The molecule has 0 aliphatic heterocycles. The second kappa shape index (κ2) is 10.5. The molecule has 140 valence electrons. The molecule has 0 fully saturated rings. The van der Waals surface area contributed by atoms with Gasteiger partial charge in [-0.05, 0) is 30.0 Å². The summed E-state index contributed by atoms with van der Waals surface area (Å²) in [4.78, 5) is 11.4. The predicted octanol–water partition coefficient (Wildman–Crippen LogP) is 3.94. The van der Waals surface area contributed by atoms with Crippen LogP contribution in [-0.2, 0) is 22.6 Å². The van der Waals surface area contributed by atoms with Crippen LogP contribution in [0.5, 0.6) is 11.5 Å². The van der Waals surface area contributed by atoms with Crippen molar-refractivity contribution in [1.29, 1.82) is 0 Å². The van der Waals surface area contributed by atoms with E-state index >= 15 is 0 Å². The minimum atomic E-state index is -0.790. The van der Waals surface area contributed by atoms with Gasteiger partial charge in [-0.15, -0.1) is 0 Å². The first-order chi connectivity index (χ1) is 12.6. The lowest BCUT2D eigenvalue weighted by molar-refractivity contribution is -0.141. The van der Waals surface area contributed by atoms with Crippen LogP contribution >= 0.6 is 0 Å². The lowest BCUT2D eigenvalue weighted by Crippen LogP contribution is -2.16. The molecule has 2 rings (SSSR count). The summed E-state index contributed by atoms with van der Waals surface area (Å²) in [6.07, 6.45) is 0.994. The first-order valence-corrected chi connectivity index (χ1v) is 8.78. The molecule has 0 amide bonds. The number of hydrogen-bond acceptors (Lipinski definition) is 4. The van der Waals surface area contributed by atoms with E-state index in [0.29, 0.717) is 44.2 Å². The number of carbonyl (C=O) groups is 1. The van der Waals surface area contributed by atoms with E-state index in [1.54, 1.807) is 7.11 Å². The molecule has 26 heavy (non-hydrogen) atoms. The molecule has 0 aliphatic carbocycles. The molecule has 0 radical (unpaired) electrons. The normalized spacial score (nSPS) is 11.8. The van der Waals surface area contributed by atoms with Gasteiger partial charge in [-0.1, -0.05) is 43.3 Å². The fraction of sp³-hybridized carbons (Fsp3) is 0.381. The number of rotatable bonds is 11. The topological polar surface area (TPSA) is 65.0 Å². The highest BCUT2D eigenvalue weighted by Crippen LogP contribution is 2.29. The summed E-state index contributed by atoms with van der Waals surface area (Å²) in [5.41, 5.74) is 1.92. The summed E-state index contributed by atoms with van der Waals surface area (Å²) in [6, 6.07) is 15.4. The van der Waals surface area contributed by atoms with Gasteiger partial charge >= 0.3 is 5.97 Å². The van der Waals surface area contributed by atoms with Crippen molar-refractivity contribution in [3.8, 4) is 11.5 Å². The summed E-state index contributed by atoms with van der Waals surface area (Å²) in [5, 5.41) is 9.35. The Balaban J connectivity index is 2.17. The fourth-order valence-corrected chi connectivity index (χ4v) is 2.58. The van der Waals surface area contributed by atoms with Crippen molar-refractivity contribution in [2.45, 2.75) is 26.4 Å². The molecular weight excluding hydrogens is 332 g/mol. The number of hydrogen-bond donors (Lipinski definition) is 1. The Bertz CT molecular complexity index is 684. The van der Waals surface area contributed by atoms with Gasteiger partial charge in [0.2, 0.25) is 0 Å². The minimum absolute atomic E-state index is 0.416. The van der Waals surface area contributed by atoms with E-state index in [1.807, 2.05) is 55.5 Å². The molecule has 0 aromatic heterocycles. The zero-order valence-corrected chi connectivity index (χ0v) is 15.3. The molecule has 0 aliphatic rings. The van der Waals surface area contributed by atoms with Crippen LogP contribution in [0.1, 0.15) is 24.5 Å². The van der Waals surface area contributed by atoms with Crippen LogP contribution in [0.3, 0.4) is 0 Å². The summed E-state index contributed by atoms with van der Waals surface area (Å²) in [5.74, 6) is 0.108. The van der Waals surface area contributed by atoms with Gasteiger partial charge < -0.3 is 19.3 Å². The lowest BCUT2D eigenvalue weighted by Gasteiger charge is -2.16. The van der Waals surface area contributed by atoms with E-state index in [2.05, 4.69) is 0 Å². The van der Waals surface area contributed by atoms with E-state index in [-0.39, 0.29) is 0 Å². The number of carboxylic acid groups (broad SMARTS) is 1. The average molecular weight is 358 g/mol. The molecule has 0 saturated heterocycles. The van der Waals surface area contributed by atoms with Crippen molar-refractivity contribution in [1.82, 2.24) is 0 Å². The highest BCUT2D eigenvalue weighted by Gasteiger charge is 2.18. The molecule has 2 aromatic carbocycles. The molecule has 5 heteroatoms. The van der Waals surface area contributed by atoms with Gasteiger partial charge in [0.1, 0.15) is 24.7 Å². The Morgan fingerprint density at radius 2 is 1.85 bits per heavy atom. The van der Waals surface area contributed by atoms with Crippen LogP contribution in [0.15, 0.2) is 48.5 Å². The standard InChI is InChI=1S/C21H26O5/c1-3-17(21(22)23)13-18-9-10-19(25-12-11-24-2)14-20(18)26-15-16-7-5-4-6-8-16/h4-10,14,17H,3,11-13,15H2,1-2H3,(H,22,23). The number of carboxylic acids is 1. The second-order valence-electron chi connectivity index (χ2n) is 6.03. The van der Waals surface area contributed by atoms with E-state index < -0.39 is 11.9 Å². The molecule has 1 N–H and O–H groups in total. The van der Waals surface area contributed by atoms with Crippen LogP contribution in [0.2, 0.25) is 0 Å². The van der Waals surface area contributed by atoms with Crippen LogP contribution in [0.25, 0.3) is 0 Å². The molecule has 1 atom stereocenters. The largest absolute Gasteiger partial charge is 0.491 e. The van der Waals surface area contributed by atoms with Crippen LogP contribution in [-0.4, -0.2) is 31.4 Å². The summed E-state index contributed by atoms with van der Waals surface area (Å²) in [7, 11) is 1.62. The van der Waals surface area contributed by atoms with Crippen molar-refractivity contribution < 1.29 is 24.1 Å². The molecule has 5 nitrogen and oxygen atoms in total. The molecule has 2 aromatic rings. The van der Waals surface area contributed by atoms with Crippen LogP contribution in [0.4, 0.5) is 0 Å². The van der Waals surface area contributed by atoms with Gasteiger partial charge in [-0.3, -0.25) is 4.79 Å². The van der Waals surface area contributed by atoms with Gasteiger partial charge in [-0.2, -0.15) is 0 Å². The van der Waals surface area contributed by atoms with E-state index in [4.69, 9.17) is 14.2 Å². The Morgan fingerprint density at radius 1 is 1.08 bits per heavy atom. The highest BCUT2D eigenvalue weighted by molar-refractivity contribution is 5.70. The summed E-state index contributed by atoms with van der Waals surface area (Å²) >= 11 is 0. The first-order valence-electron chi connectivity index (χ1n) is 8.78. The zero-order valence-electron chi connectivity index (χ0n) is 15.3. The smallest absolute Gasteiger partial charge is 0.306 e. The summed E-state index contributed by atoms with van der Waals surface area (Å²) in [6.45, 7) is 3.24. The van der Waals surface area contributed by atoms with Crippen molar-refractivity contribution >= 4 is 5.97 Å². The Kier molecular flexibility index (Phi) is 7.96. The van der Waals surface area contributed by atoms with Gasteiger partial charge in [0.15, 0.2) is 0 Å². The number of aliphatic carboxylic acids is 1. The number of methoxy groups -OCH3 is 1. The zero-order chi connectivity index (χ0) is 18.8. The van der Waals surface area contributed by atoms with Crippen molar-refractivity contribution in [2.24, 2.45) is 5.92 Å². The monoisotopic (exact) mass is 358 g/mol. The fourth-order valence-electron chi connectivity index (χ4n) is 2.58. The quantitative estimate of drug-likeness (QED) is 0.616. The molecule has 0 bridgehead atoms. The second-order valence-corrected chi connectivity index (χ2v) is 6.03. The van der Waals surface area contributed by atoms with Gasteiger partial charge in [0, 0.05) is 13.2 Å². The predicted molar refractivity (Wildman–Crippen MR) is 99.7 cm³/mol. The molecular formula is C21H26O5. The molecule has 1 unspecified atom stereocenters. The third kappa shape index (κ3) is 6.08. The van der Waals surface area contributed by atoms with Crippen molar-refractivity contribution in [3.63, 3.8) is 0 Å². The first kappa shape index (κ1) is 19.8. The molecule has 0 spiro atoms. The van der Waals surface area contributed by atoms with Gasteiger partial charge in [0.25, 0.3) is 0 Å². The van der Waals surface area contributed by atoms with E-state index in [0.717, 1.165) is 11.1 Å². The van der Waals surface area contributed by atoms with Crippen LogP contribution in [0, 0.1) is 5.92 Å². The van der Waals surface area contributed by atoms with Crippen molar-refractivity contribution in [2.75, 3.05) is 20.3 Å². The van der Waals surface area contributed by atoms with Crippen LogP contribution < -0.4 is 9.47 Å². The maximum atomic E-state index is 11.4. The lowest BCUT2D eigenvalue weighted by atomic mass is 9.96.